The number of nitro benzene ring substituents is 1. The molecule has 0 aliphatic rings. The molecule has 0 spiro atoms. The first-order valence-corrected chi connectivity index (χ1v) is 6.43. The van der Waals surface area contributed by atoms with Crippen LogP contribution in [-0.4, -0.2) is 48.4 Å². The van der Waals surface area contributed by atoms with E-state index < -0.39 is 4.92 Å². The van der Waals surface area contributed by atoms with Crippen LogP contribution >= 0.6 is 11.6 Å². The average molecular weight is 301 g/mol. The number of non-ortho nitro benzene ring substituents is 1. The van der Waals surface area contributed by atoms with E-state index in [4.69, 9.17) is 16.3 Å². The Bertz CT molecular complexity index is 507. The molecule has 1 aromatic rings. The zero-order chi connectivity index (χ0) is 15.3. The fourth-order valence-electron chi connectivity index (χ4n) is 1.83. The number of carbonyl (C=O) groups excluding carboxylic acids is 1. The summed E-state index contributed by atoms with van der Waals surface area (Å²) in [6.07, 6.45) is 0. The number of hydrogen-bond donors (Lipinski definition) is 0. The highest BCUT2D eigenvalue weighted by Crippen LogP contribution is 2.18. The Labute approximate surface area is 122 Å². The number of hydrogen-bond acceptors (Lipinski definition) is 4. The Balaban J connectivity index is 2.88. The van der Waals surface area contributed by atoms with Gasteiger partial charge in [-0.3, -0.25) is 14.9 Å². The first-order chi connectivity index (χ1) is 9.35. The summed E-state index contributed by atoms with van der Waals surface area (Å²) < 4.78 is 4.90. The SMILES string of the molecule is COCC(Cl)CN(C)C(=O)c1cc(C)cc([N+](=O)[O-])c1. The van der Waals surface area contributed by atoms with Gasteiger partial charge in [-0.25, -0.2) is 0 Å². The Morgan fingerprint density at radius 1 is 1.50 bits per heavy atom. The number of alkyl halides is 1. The van der Waals surface area contributed by atoms with Gasteiger partial charge in [-0.15, -0.1) is 11.6 Å². The average Bonchev–Trinajstić information content (AvgIpc) is 2.37. The number of halogens is 1. The van der Waals surface area contributed by atoms with Crippen LogP contribution in [0.1, 0.15) is 15.9 Å². The Morgan fingerprint density at radius 3 is 2.70 bits per heavy atom. The Hall–Kier alpha value is -1.66. The van der Waals surface area contributed by atoms with Crippen molar-refractivity contribution in [3.05, 3.63) is 39.4 Å². The minimum atomic E-state index is -0.515. The van der Waals surface area contributed by atoms with Crippen LogP contribution in [0.5, 0.6) is 0 Å². The Morgan fingerprint density at radius 2 is 2.15 bits per heavy atom. The van der Waals surface area contributed by atoms with E-state index in [9.17, 15) is 14.9 Å². The van der Waals surface area contributed by atoms with Crippen LogP contribution in [0.3, 0.4) is 0 Å². The summed E-state index contributed by atoms with van der Waals surface area (Å²) in [6.45, 7) is 2.34. The van der Waals surface area contributed by atoms with Crippen molar-refractivity contribution in [3.63, 3.8) is 0 Å². The molecule has 0 aliphatic carbocycles. The van der Waals surface area contributed by atoms with E-state index in [1.807, 2.05) is 0 Å². The molecule has 7 heteroatoms. The van der Waals surface area contributed by atoms with Crippen LogP contribution in [0.25, 0.3) is 0 Å². The summed E-state index contributed by atoms with van der Waals surface area (Å²) in [5, 5.41) is 10.5. The van der Waals surface area contributed by atoms with Crippen molar-refractivity contribution in [2.75, 3.05) is 27.3 Å². The van der Waals surface area contributed by atoms with Crippen molar-refractivity contribution >= 4 is 23.2 Å². The second-order valence-electron chi connectivity index (χ2n) is 4.55. The van der Waals surface area contributed by atoms with Gasteiger partial charge in [0.2, 0.25) is 0 Å². The van der Waals surface area contributed by atoms with E-state index in [0.29, 0.717) is 18.7 Å². The zero-order valence-electron chi connectivity index (χ0n) is 11.6. The highest BCUT2D eigenvalue weighted by Gasteiger charge is 2.18. The van der Waals surface area contributed by atoms with Crippen LogP contribution in [0.15, 0.2) is 18.2 Å². The molecular formula is C13H17ClN2O4. The van der Waals surface area contributed by atoms with Gasteiger partial charge >= 0.3 is 0 Å². The van der Waals surface area contributed by atoms with Gasteiger partial charge in [0.15, 0.2) is 0 Å². The van der Waals surface area contributed by atoms with E-state index in [1.165, 1.54) is 24.1 Å². The number of amides is 1. The van der Waals surface area contributed by atoms with Crippen LogP contribution in [0.2, 0.25) is 0 Å². The van der Waals surface area contributed by atoms with Crippen molar-refractivity contribution in [3.8, 4) is 0 Å². The van der Waals surface area contributed by atoms with Gasteiger partial charge in [-0.1, -0.05) is 0 Å². The summed E-state index contributed by atoms with van der Waals surface area (Å²) in [7, 11) is 3.13. The molecule has 1 atom stereocenters. The summed E-state index contributed by atoms with van der Waals surface area (Å²) in [6, 6.07) is 4.31. The molecule has 0 fully saturated rings. The minimum absolute atomic E-state index is 0.0962. The first-order valence-electron chi connectivity index (χ1n) is 5.99. The van der Waals surface area contributed by atoms with E-state index in [2.05, 4.69) is 0 Å². The molecule has 1 aromatic carbocycles. The molecule has 0 N–H and O–H groups in total. The number of methoxy groups -OCH3 is 1. The van der Waals surface area contributed by atoms with Gasteiger partial charge in [0.25, 0.3) is 11.6 Å². The molecule has 0 aliphatic heterocycles. The number of nitro groups is 1. The number of nitrogens with zero attached hydrogens (tertiary/aromatic N) is 2. The third kappa shape index (κ3) is 4.47. The third-order valence-corrected chi connectivity index (χ3v) is 2.95. The van der Waals surface area contributed by atoms with Crippen molar-refractivity contribution in [2.45, 2.75) is 12.3 Å². The maximum atomic E-state index is 12.2. The smallest absolute Gasteiger partial charge is 0.270 e. The largest absolute Gasteiger partial charge is 0.383 e. The second-order valence-corrected chi connectivity index (χ2v) is 5.17. The van der Waals surface area contributed by atoms with Crippen LogP contribution in [0.4, 0.5) is 5.69 Å². The highest BCUT2D eigenvalue weighted by molar-refractivity contribution is 6.21. The van der Waals surface area contributed by atoms with E-state index in [1.54, 1.807) is 20.0 Å². The molecule has 110 valence electrons. The number of benzene rings is 1. The van der Waals surface area contributed by atoms with Crippen LogP contribution in [0, 0.1) is 17.0 Å². The normalized spacial score (nSPS) is 12.0. The van der Waals surface area contributed by atoms with Gasteiger partial charge in [-0.2, -0.15) is 0 Å². The fraction of sp³-hybridized carbons (Fsp3) is 0.462. The van der Waals surface area contributed by atoms with Crippen molar-refractivity contribution in [1.82, 2.24) is 4.90 Å². The lowest BCUT2D eigenvalue weighted by Gasteiger charge is -2.20. The predicted molar refractivity (Wildman–Crippen MR) is 76.3 cm³/mol. The third-order valence-electron chi connectivity index (χ3n) is 2.69. The summed E-state index contributed by atoms with van der Waals surface area (Å²) in [5.74, 6) is -0.307. The lowest BCUT2D eigenvalue weighted by molar-refractivity contribution is -0.384. The topological polar surface area (TPSA) is 72.7 Å². The molecule has 6 nitrogen and oxygen atoms in total. The molecule has 0 saturated heterocycles. The minimum Gasteiger partial charge on any atom is -0.383 e. The van der Waals surface area contributed by atoms with Crippen LogP contribution < -0.4 is 0 Å². The van der Waals surface area contributed by atoms with Crippen LogP contribution in [-0.2, 0) is 4.74 Å². The van der Waals surface area contributed by atoms with E-state index in [0.717, 1.165) is 0 Å². The van der Waals surface area contributed by atoms with Gasteiger partial charge in [0.1, 0.15) is 0 Å². The number of aryl methyl sites for hydroxylation is 1. The maximum absolute atomic E-state index is 12.2. The number of carbonyl (C=O) groups is 1. The number of rotatable bonds is 6. The quantitative estimate of drug-likeness (QED) is 0.459. The maximum Gasteiger partial charge on any atom is 0.270 e. The zero-order valence-corrected chi connectivity index (χ0v) is 12.4. The standard InChI is InChI=1S/C13H17ClN2O4/c1-9-4-10(6-12(5-9)16(18)19)13(17)15(2)7-11(14)8-20-3/h4-6,11H,7-8H2,1-3H3. The highest BCUT2D eigenvalue weighted by atomic mass is 35.5. The lowest BCUT2D eigenvalue weighted by atomic mass is 10.1. The predicted octanol–water partition coefficient (Wildman–Crippen LogP) is 2.23. The Kier molecular flexibility index (Phi) is 5.91. The van der Waals surface area contributed by atoms with Crippen molar-refractivity contribution in [1.29, 1.82) is 0 Å². The van der Waals surface area contributed by atoms with Gasteiger partial charge in [0.05, 0.1) is 16.9 Å². The lowest BCUT2D eigenvalue weighted by Crippen LogP contribution is -2.34. The number of ether oxygens (including phenoxy) is 1. The molecule has 1 unspecified atom stereocenters. The van der Waals surface area contributed by atoms with Gasteiger partial charge in [0, 0.05) is 38.4 Å². The molecule has 0 aromatic heterocycles. The van der Waals surface area contributed by atoms with Crippen molar-refractivity contribution < 1.29 is 14.5 Å². The summed E-state index contributed by atoms with van der Waals surface area (Å²) in [5.41, 5.74) is 0.844. The second kappa shape index (κ2) is 7.21. The molecule has 0 bridgehead atoms. The molecule has 0 saturated carbocycles. The monoisotopic (exact) mass is 300 g/mol. The van der Waals surface area contributed by atoms with Gasteiger partial charge in [-0.05, 0) is 18.6 Å². The molecule has 0 heterocycles. The molecular weight excluding hydrogens is 284 g/mol. The molecule has 20 heavy (non-hydrogen) atoms. The summed E-state index contributed by atoms with van der Waals surface area (Å²) >= 11 is 5.99. The van der Waals surface area contributed by atoms with Crippen molar-refractivity contribution in [2.24, 2.45) is 0 Å². The fourth-order valence-corrected chi connectivity index (χ4v) is 2.16. The van der Waals surface area contributed by atoms with Gasteiger partial charge < -0.3 is 9.64 Å². The first kappa shape index (κ1) is 16.4. The molecule has 0 radical (unpaired) electrons. The molecule has 1 rings (SSSR count). The van der Waals surface area contributed by atoms with E-state index >= 15 is 0 Å². The molecule has 1 amide bonds. The van der Waals surface area contributed by atoms with E-state index in [-0.39, 0.29) is 22.5 Å². The summed E-state index contributed by atoms with van der Waals surface area (Å²) in [4.78, 5) is 23.9.